The van der Waals surface area contributed by atoms with Crippen LogP contribution in [-0.4, -0.2) is 18.3 Å². The third kappa shape index (κ3) is 6.51. The van der Waals surface area contributed by atoms with Gasteiger partial charge < -0.3 is 10.5 Å². The highest BCUT2D eigenvalue weighted by Gasteiger charge is 1.98. The lowest BCUT2D eigenvalue weighted by molar-refractivity contribution is -0.138. The fourth-order valence-electron chi connectivity index (χ4n) is 1.02. The lowest BCUT2D eigenvalue weighted by atomic mass is 10.2. The van der Waals surface area contributed by atoms with Crippen molar-refractivity contribution in [3.05, 3.63) is 45.8 Å². The second kappa shape index (κ2) is 8.33. The SMILES string of the molecule is NCCS/C=C/C(=O)OCc1ccc(Br)cc1. The van der Waals surface area contributed by atoms with Crippen LogP contribution in [0.4, 0.5) is 0 Å². The standard InChI is InChI=1S/C12H14BrNO2S/c13-11-3-1-10(2-4-11)9-16-12(15)5-7-17-8-6-14/h1-5,7H,6,8-9,14H2/b7-5+. The number of hydrogen-bond donors (Lipinski definition) is 1. The minimum Gasteiger partial charge on any atom is -0.458 e. The number of rotatable bonds is 6. The zero-order valence-electron chi connectivity index (χ0n) is 9.27. The summed E-state index contributed by atoms with van der Waals surface area (Å²) in [7, 11) is 0. The van der Waals surface area contributed by atoms with Crippen molar-refractivity contribution in [2.24, 2.45) is 5.73 Å². The molecule has 0 radical (unpaired) electrons. The largest absolute Gasteiger partial charge is 0.458 e. The Bertz CT molecular complexity index is 379. The molecule has 0 atom stereocenters. The maximum atomic E-state index is 11.3. The van der Waals surface area contributed by atoms with Crippen LogP contribution in [-0.2, 0) is 16.1 Å². The van der Waals surface area contributed by atoms with Gasteiger partial charge in [0.15, 0.2) is 0 Å². The molecule has 0 aromatic heterocycles. The molecule has 0 aliphatic heterocycles. The van der Waals surface area contributed by atoms with Crippen molar-refractivity contribution in [2.75, 3.05) is 12.3 Å². The fourth-order valence-corrected chi connectivity index (χ4v) is 1.77. The number of carbonyl (C=O) groups excluding carboxylic acids is 1. The summed E-state index contributed by atoms with van der Waals surface area (Å²) in [4.78, 5) is 11.3. The molecule has 0 amide bonds. The van der Waals surface area contributed by atoms with E-state index in [-0.39, 0.29) is 12.6 Å². The summed E-state index contributed by atoms with van der Waals surface area (Å²) in [5, 5.41) is 1.71. The molecular weight excluding hydrogens is 302 g/mol. The lowest BCUT2D eigenvalue weighted by Crippen LogP contribution is -2.01. The monoisotopic (exact) mass is 315 g/mol. The Morgan fingerprint density at radius 1 is 1.41 bits per heavy atom. The number of thioether (sulfide) groups is 1. The summed E-state index contributed by atoms with van der Waals surface area (Å²) < 4.78 is 6.07. The number of nitrogens with two attached hydrogens (primary N) is 1. The second-order valence-corrected chi connectivity index (χ2v) is 5.13. The van der Waals surface area contributed by atoms with Crippen LogP contribution in [0.15, 0.2) is 40.2 Å². The zero-order chi connectivity index (χ0) is 12.5. The average molecular weight is 316 g/mol. The number of benzene rings is 1. The smallest absolute Gasteiger partial charge is 0.331 e. The van der Waals surface area contributed by atoms with Gasteiger partial charge in [-0.05, 0) is 23.1 Å². The van der Waals surface area contributed by atoms with Gasteiger partial charge in [0.05, 0.1) is 0 Å². The van der Waals surface area contributed by atoms with Crippen molar-refractivity contribution < 1.29 is 9.53 Å². The van der Waals surface area contributed by atoms with Crippen molar-refractivity contribution in [3.8, 4) is 0 Å². The Kier molecular flexibility index (Phi) is 7.00. The molecule has 17 heavy (non-hydrogen) atoms. The van der Waals surface area contributed by atoms with E-state index in [1.165, 1.54) is 17.8 Å². The lowest BCUT2D eigenvalue weighted by Gasteiger charge is -2.02. The molecular formula is C12H14BrNO2S. The van der Waals surface area contributed by atoms with E-state index in [4.69, 9.17) is 10.5 Å². The summed E-state index contributed by atoms with van der Waals surface area (Å²) in [5.41, 5.74) is 6.28. The van der Waals surface area contributed by atoms with Crippen molar-refractivity contribution in [1.82, 2.24) is 0 Å². The first-order chi connectivity index (χ1) is 8.22. The molecule has 0 bridgehead atoms. The predicted molar refractivity (Wildman–Crippen MR) is 74.6 cm³/mol. The van der Waals surface area contributed by atoms with E-state index >= 15 is 0 Å². The topological polar surface area (TPSA) is 52.3 Å². The summed E-state index contributed by atoms with van der Waals surface area (Å²) >= 11 is 4.84. The molecule has 1 rings (SSSR count). The van der Waals surface area contributed by atoms with Crippen molar-refractivity contribution >= 4 is 33.7 Å². The maximum Gasteiger partial charge on any atom is 0.331 e. The van der Waals surface area contributed by atoms with Crippen LogP contribution in [0.5, 0.6) is 0 Å². The summed E-state index contributed by atoms with van der Waals surface area (Å²) in [6.07, 6.45) is 1.42. The Balaban J connectivity index is 2.28. The quantitative estimate of drug-likeness (QED) is 0.498. The Morgan fingerprint density at radius 3 is 2.76 bits per heavy atom. The van der Waals surface area contributed by atoms with Crippen molar-refractivity contribution in [3.63, 3.8) is 0 Å². The van der Waals surface area contributed by atoms with Crippen LogP contribution in [0, 0.1) is 0 Å². The average Bonchev–Trinajstić information content (AvgIpc) is 2.34. The van der Waals surface area contributed by atoms with E-state index in [1.807, 2.05) is 24.3 Å². The van der Waals surface area contributed by atoms with Gasteiger partial charge in [-0.25, -0.2) is 4.79 Å². The van der Waals surface area contributed by atoms with Gasteiger partial charge in [-0.2, -0.15) is 0 Å². The van der Waals surface area contributed by atoms with E-state index in [2.05, 4.69) is 15.9 Å². The molecule has 0 saturated heterocycles. The molecule has 3 nitrogen and oxygen atoms in total. The fraction of sp³-hybridized carbons (Fsp3) is 0.250. The molecule has 0 spiro atoms. The van der Waals surface area contributed by atoms with E-state index in [0.29, 0.717) is 6.54 Å². The molecule has 1 aromatic rings. The van der Waals surface area contributed by atoms with Gasteiger partial charge in [-0.15, -0.1) is 11.8 Å². The Morgan fingerprint density at radius 2 is 2.12 bits per heavy atom. The predicted octanol–water partition coefficient (Wildman–Crippen LogP) is 2.70. The van der Waals surface area contributed by atoms with Crippen molar-refractivity contribution in [1.29, 1.82) is 0 Å². The third-order valence-electron chi connectivity index (χ3n) is 1.83. The van der Waals surface area contributed by atoms with Gasteiger partial charge in [0.25, 0.3) is 0 Å². The molecule has 0 aliphatic carbocycles. The van der Waals surface area contributed by atoms with Crippen LogP contribution in [0.2, 0.25) is 0 Å². The minimum absolute atomic E-state index is 0.290. The Labute approximate surface area is 114 Å². The third-order valence-corrected chi connectivity index (χ3v) is 3.16. The van der Waals surface area contributed by atoms with E-state index in [0.717, 1.165) is 15.8 Å². The molecule has 0 heterocycles. The van der Waals surface area contributed by atoms with Gasteiger partial charge in [0, 0.05) is 22.8 Å². The van der Waals surface area contributed by atoms with Crippen LogP contribution >= 0.6 is 27.7 Å². The van der Waals surface area contributed by atoms with E-state index in [1.54, 1.807) is 5.41 Å². The molecule has 0 saturated carbocycles. The van der Waals surface area contributed by atoms with Gasteiger partial charge in [-0.3, -0.25) is 0 Å². The molecule has 92 valence electrons. The van der Waals surface area contributed by atoms with Crippen LogP contribution in [0.3, 0.4) is 0 Å². The summed E-state index contributed by atoms with van der Waals surface area (Å²) in [6, 6.07) is 7.64. The zero-order valence-corrected chi connectivity index (χ0v) is 11.7. The van der Waals surface area contributed by atoms with Crippen molar-refractivity contribution in [2.45, 2.75) is 6.61 Å². The molecule has 1 aromatic carbocycles. The van der Waals surface area contributed by atoms with Gasteiger partial charge >= 0.3 is 5.97 Å². The molecule has 0 aliphatic rings. The maximum absolute atomic E-state index is 11.3. The second-order valence-electron chi connectivity index (χ2n) is 3.20. The number of carbonyl (C=O) groups is 1. The van der Waals surface area contributed by atoms with E-state index in [9.17, 15) is 4.79 Å². The normalized spacial score (nSPS) is 10.7. The van der Waals surface area contributed by atoms with Crippen LogP contribution in [0.1, 0.15) is 5.56 Å². The van der Waals surface area contributed by atoms with E-state index < -0.39 is 0 Å². The van der Waals surface area contributed by atoms with Gasteiger partial charge in [-0.1, -0.05) is 28.1 Å². The first-order valence-electron chi connectivity index (χ1n) is 5.12. The highest BCUT2D eigenvalue weighted by atomic mass is 79.9. The number of hydrogen-bond acceptors (Lipinski definition) is 4. The first kappa shape index (κ1) is 14.3. The highest BCUT2D eigenvalue weighted by Crippen LogP contribution is 2.11. The van der Waals surface area contributed by atoms with Gasteiger partial charge in [0.2, 0.25) is 0 Å². The number of esters is 1. The summed E-state index contributed by atoms with van der Waals surface area (Å²) in [5.74, 6) is 0.466. The molecule has 5 heteroatoms. The van der Waals surface area contributed by atoms with Crippen LogP contribution in [0.25, 0.3) is 0 Å². The highest BCUT2D eigenvalue weighted by molar-refractivity contribution is 9.10. The van der Waals surface area contributed by atoms with Crippen LogP contribution < -0.4 is 5.73 Å². The van der Waals surface area contributed by atoms with Gasteiger partial charge in [0.1, 0.15) is 6.61 Å². The molecule has 0 fully saturated rings. The number of ether oxygens (including phenoxy) is 1. The molecule has 0 unspecified atom stereocenters. The first-order valence-corrected chi connectivity index (χ1v) is 6.96. The minimum atomic E-state index is -0.336. The summed E-state index contributed by atoms with van der Waals surface area (Å²) in [6.45, 7) is 0.890. The Hall–Kier alpha value is -0.780. The molecule has 2 N–H and O–H groups in total. The number of halogens is 1.